The van der Waals surface area contributed by atoms with E-state index in [1.807, 2.05) is 4.90 Å². The van der Waals surface area contributed by atoms with Crippen molar-refractivity contribution in [3.63, 3.8) is 0 Å². The van der Waals surface area contributed by atoms with Crippen molar-refractivity contribution in [1.29, 1.82) is 0 Å². The molecule has 1 N–H and O–H groups in total. The number of hydrogen-bond acceptors (Lipinski definition) is 3. The van der Waals surface area contributed by atoms with Crippen molar-refractivity contribution in [2.24, 2.45) is 5.92 Å². The zero-order chi connectivity index (χ0) is 12.3. The van der Waals surface area contributed by atoms with Gasteiger partial charge < -0.3 is 15.0 Å². The molecule has 2 rings (SSSR count). The van der Waals surface area contributed by atoms with Gasteiger partial charge in [0.05, 0.1) is 0 Å². The monoisotopic (exact) mass is 240 g/mol. The molecule has 1 heterocycles. The van der Waals surface area contributed by atoms with Crippen LogP contribution in [0.2, 0.25) is 0 Å². The lowest BCUT2D eigenvalue weighted by atomic mass is 9.81. The predicted octanol–water partition coefficient (Wildman–Crippen LogP) is 1.01. The fraction of sp³-hybridized carbons (Fsp3) is 0.923. The van der Waals surface area contributed by atoms with Gasteiger partial charge in [-0.15, -0.1) is 0 Å². The Bertz CT molecular complexity index is 256. The molecule has 1 saturated carbocycles. The Morgan fingerprint density at radius 2 is 1.94 bits per heavy atom. The maximum absolute atomic E-state index is 11.6. The number of ether oxygens (including phenoxy) is 1. The number of hydrogen-bond donors (Lipinski definition) is 1. The third-order valence-electron chi connectivity index (χ3n) is 3.96. The Morgan fingerprint density at radius 1 is 1.29 bits per heavy atom. The van der Waals surface area contributed by atoms with Gasteiger partial charge >= 0.3 is 0 Å². The Morgan fingerprint density at radius 3 is 2.47 bits per heavy atom. The van der Waals surface area contributed by atoms with E-state index in [1.165, 1.54) is 12.8 Å². The lowest BCUT2D eigenvalue weighted by Crippen LogP contribution is -2.51. The quantitative estimate of drug-likeness (QED) is 0.797. The van der Waals surface area contributed by atoms with E-state index in [4.69, 9.17) is 4.74 Å². The second-order valence-electron chi connectivity index (χ2n) is 5.53. The number of carbonyl (C=O) groups excluding carboxylic acids is 1. The molecule has 98 valence electrons. The predicted molar refractivity (Wildman–Crippen MR) is 66.8 cm³/mol. The maximum atomic E-state index is 11.6. The van der Waals surface area contributed by atoms with Crippen molar-refractivity contribution in [1.82, 2.24) is 10.2 Å². The van der Waals surface area contributed by atoms with Crippen LogP contribution < -0.4 is 5.32 Å². The molecular weight excluding hydrogens is 216 g/mol. The fourth-order valence-electron chi connectivity index (χ4n) is 2.88. The zero-order valence-electron chi connectivity index (χ0n) is 10.9. The Balaban J connectivity index is 1.65. The maximum Gasteiger partial charge on any atom is 0.248 e. The Labute approximate surface area is 104 Å². The van der Waals surface area contributed by atoms with Gasteiger partial charge in [0, 0.05) is 32.3 Å². The van der Waals surface area contributed by atoms with E-state index in [2.05, 4.69) is 12.2 Å². The Kier molecular flexibility index (Phi) is 4.40. The highest BCUT2D eigenvalue weighted by molar-refractivity contribution is 5.77. The minimum atomic E-state index is 0.128. The molecule has 0 aromatic heterocycles. The number of likely N-dealkylation sites (tertiary alicyclic amines) is 1. The van der Waals surface area contributed by atoms with Gasteiger partial charge in [-0.3, -0.25) is 4.79 Å². The van der Waals surface area contributed by atoms with Gasteiger partial charge in [-0.05, 0) is 31.6 Å². The van der Waals surface area contributed by atoms with Gasteiger partial charge in [0.25, 0.3) is 0 Å². The molecule has 1 aliphatic heterocycles. The first-order chi connectivity index (χ1) is 8.19. The number of amides is 1. The molecule has 1 amide bonds. The van der Waals surface area contributed by atoms with Gasteiger partial charge in [-0.25, -0.2) is 0 Å². The van der Waals surface area contributed by atoms with Gasteiger partial charge in [0.2, 0.25) is 5.91 Å². The first kappa shape index (κ1) is 12.8. The molecule has 0 unspecified atom stereocenters. The SMILES string of the molecule is COCC(=O)N1CCC(NC2CC(C)C2)CC1. The first-order valence-corrected chi connectivity index (χ1v) is 6.71. The van der Waals surface area contributed by atoms with Crippen LogP contribution in [0.3, 0.4) is 0 Å². The average molecular weight is 240 g/mol. The second kappa shape index (κ2) is 5.83. The van der Waals surface area contributed by atoms with E-state index in [-0.39, 0.29) is 12.5 Å². The summed E-state index contributed by atoms with van der Waals surface area (Å²) in [7, 11) is 1.57. The van der Waals surface area contributed by atoms with Gasteiger partial charge in [0.15, 0.2) is 0 Å². The summed E-state index contributed by atoms with van der Waals surface area (Å²) < 4.78 is 4.88. The van der Waals surface area contributed by atoms with E-state index in [9.17, 15) is 4.79 Å². The molecule has 0 spiro atoms. The number of nitrogens with zero attached hydrogens (tertiary/aromatic N) is 1. The molecule has 2 aliphatic rings. The van der Waals surface area contributed by atoms with E-state index < -0.39 is 0 Å². The van der Waals surface area contributed by atoms with Crippen LogP contribution in [0.25, 0.3) is 0 Å². The van der Waals surface area contributed by atoms with Crippen LogP contribution in [0, 0.1) is 5.92 Å². The largest absolute Gasteiger partial charge is 0.375 e. The number of methoxy groups -OCH3 is 1. The van der Waals surface area contributed by atoms with E-state index in [0.717, 1.165) is 37.9 Å². The summed E-state index contributed by atoms with van der Waals surface area (Å²) >= 11 is 0. The van der Waals surface area contributed by atoms with Crippen molar-refractivity contribution >= 4 is 5.91 Å². The van der Waals surface area contributed by atoms with Crippen LogP contribution in [0.5, 0.6) is 0 Å². The Hall–Kier alpha value is -0.610. The molecule has 4 nitrogen and oxygen atoms in total. The van der Waals surface area contributed by atoms with Crippen LogP contribution in [0.1, 0.15) is 32.6 Å². The summed E-state index contributed by atoms with van der Waals surface area (Å²) in [5.41, 5.74) is 0. The smallest absolute Gasteiger partial charge is 0.248 e. The van der Waals surface area contributed by atoms with Gasteiger partial charge in [-0.2, -0.15) is 0 Å². The summed E-state index contributed by atoms with van der Waals surface area (Å²) in [6, 6.07) is 1.34. The van der Waals surface area contributed by atoms with Crippen LogP contribution in [0.4, 0.5) is 0 Å². The molecule has 0 aromatic rings. The highest BCUT2D eigenvalue weighted by atomic mass is 16.5. The molecule has 0 bridgehead atoms. The minimum absolute atomic E-state index is 0.128. The summed E-state index contributed by atoms with van der Waals surface area (Å²) in [4.78, 5) is 13.5. The molecule has 0 radical (unpaired) electrons. The van der Waals surface area contributed by atoms with Crippen molar-refractivity contribution in [2.45, 2.75) is 44.7 Å². The minimum Gasteiger partial charge on any atom is -0.375 e. The molecular formula is C13H24N2O2. The standard InChI is InChI=1S/C13H24N2O2/c1-10-7-12(8-10)14-11-3-5-15(6-4-11)13(16)9-17-2/h10-12,14H,3-9H2,1-2H3. The average Bonchev–Trinajstić information content (AvgIpc) is 2.28. The number of rotatable bonds is 4. The third kappa shape index (κ3) is 3.42. The molecule has 0 atom stereocenters. The van der Waals surface area contributed by atoms with Crippen molar-refractivity contribution in [3.8, 4) is 0 Å². The lowest BCUT2D eigenvalue weighted by molar-refractivity contribution is -0.136. The molecule has 1 aliphatic carbocycles. The highest BCUT2D eigenvalue weighted by Crippen LogP contribution is 2.27. The second-order valence-corrected chi connectivity index (χ2v) is 5.53. The molecule has 17 heavy (non-hydrogen) atoms. The first-order valence-electron chi connectivity index (χ1n) is 6.71. The number of piperidine rings is 1. The molecule has 4 heteroatoms. The third-order valence-corrected chi connectivity index (χ3v) is 3.96. The summed E-state index contributed by atoms with van der Waals surface area (Å²) in [5, 5.41) is 3.71. The van der Waals surface area contributed by atoms with Crippen molar-refractivity contribution < 1.29 is 9.53 Å². The number of carbonyl (C=O) groups is 1. The van der Waals surface area contributed by atoms with Crippen LogP contribution in [-0.4, -0.2) is 49.7 Å². The van der Waals surface area contributed by atoms with Gasteiger partial charge in [-0.1, -0.05) is 6.92 Å². The van der Waals surface area contributed by atoms with Crippen molar-refractivity contribution in [3.05, 3.63) is 0 Å². The number of nitrogens with one attached hydrogen (secondary N) is 1. The topological polar surface area (TPSA) is 41.6 Å². The summed E-state index contributed by atoms with van der Waals surface area (Å²) in [6.45, 7) is 4.28. The fourth-order valence-corrected chi connectivity index (χ4v) is 2.88. The summed E-state index contributed by atoms with van der Waals surface area (Å²) in [6.07, 6.45) is 4.81. The molecule has 2 fully saturated rings. The van der Waals surface area contributed by atoms with E-state index in [0.29, 0.717) is 6.04 Å². The highest BCUT2D eigenvalue weighted by Gasteiger charge is 2.29. The van der Waals surface area contributed by atoms with E-state index in [1.54, 1.807) is 7.11 Å². The van der Waals surface area contributed by atoms with Gasteiger partial charge in [0.1, 0.15) is 6.61 Å². The molecule has 1 saturated heterocycles. The van der Waals surface area contributed by atoms with Crippen LogP contribution >= 0.6 is 0 Å². The summed E-state index contributed by atoms with van der Waals surface area (Å²) in [5.74, 6) is 1.03. The lowest BCUT2D eigenvalue weighted by Gasteiger charge is -2.39. The van der Waals surface area contributed by atoms with Crippen LogP contribution in [-0.2, 0) is 9.53 Å². The normalized spacial score (nSPS) is 30.1. The van der Waals surface area contributed by atoms with E-state index >= 15 is 0 Å². The van der Waals surface area contributed by atoms with Crippen LogP contribution in [0.15, 0.2) is 0 Å². The molecule has 0 aromatic carbocycles. The zero-order valence-corrected chi connectivity index (χ0v) is 10.9. The van der Waals surface area contributed by atoms with Crippen molar-refractivity contribution in [2.75, 3.05) is 26.8 Å².